The van der Waals surface area contributed by atoms with E-state index in [0.717, 1.165) is 37.4 Å². The van der Waals surface area contributed by atoms with Gasteiger partial charge in [-0.2, -0.15) is 0 Å². The van der Waals surface area contributed by atoms with Crippen LogP contribution in [0.1, 0.15) is 44.0 Å². The number of nitrogens with zero attached hydrogens (tertiary/aromatic N) is 2. The van der Waals surface area contributed by atoms with Crippen LogP contribution in [0.5, 0.6) is 0 Å². The molecule has 0 fully saturated rings. The Balaban J connectivity index is 2.42. The molecule has 0 radical (unpaired) electrons. The minimum absolute atomic E-state index is 0.0451. The number of hydrogen-bond donors (Lipinski definition) is 2. The minimum atomic E-state index is -0.187. The largest absolute Gasteiger partial charge is 0.357 e. The Morgan fingerprint density at radius 3 is 2.84 bits per heavy atom. The van der Waals surface area contributed by atoms with Crippen molar-refractivity contribution in [2.45, 2.75) is 46.2 Å². The molecule has 1 aliphatic heterocycles. The lowest BCUT2D eigenvalue weighted by Gasteiger charge is -2.21. The molecule has 19 heavy (non-hydrogen) atoms. The summed E-state index contributed by atoms with van der Waals surface area (Å²) in [7, 11) is 1.69. The van der Waals surface area contributed by atoms with Gasteiger partial charge in [-0.05, 0) is 12.8 Å². The number of carbonyl (C=O) groups excluding carboxylic acids is 1. The first-order chi connectivity index (χ1) is 9.04. The van der Waals surface area contributed by atoms with Crippen molar-refractivity contribution in [1.82, 2.24) is 20.2 Å². The second-order valence-electron chi connectivity index (χ2n) is 5.61. The summed E-state index contributed by atoms with van der Waals surface area (Å²) < 4.78 is 2.15. The number of likely N-dealkylation sites (N-methyl/N-ethyl adjacent to an activating group) is 1. The lowest BCUT2D eigenvalue weighted by atomic mass is 10.1. The monoisotopic (exact) mass is 264 g/mol. The van der Waals surface area contributed by atoms with Gasteiger partial charge in [-0.25, -0.2) is 4.98 Å². The van der Waals surface area contributed by atoms with Gasteiger partial charge in [-0.1, -0.05) is 13.8 Å². The number of imidazole rings is 1. The zero-order chi connectivity index (χ0) is 14.0. The molecule has 0 spiro atoms. The van der Waals surface area contributed by atoms with Crippen molar-refractivity contribution in [2.24, 2.45) is 5.92 Å². The molecule has 0 aliphatic carbocycles. The molecule has 1 aliphatic rings. The number of aromatic nitrogens is 2. The highest BCUT2D eigenvalue weighted by atomic mass is 16.2. The van der Waals surface area contributed by atoms with Crippen LogP contribution in [0, 0.1) is 5.92 Å². The van der Waals surface area contributed by atoms with Crippen molar-refractivity contribution < 1.29 is 4.79 Å². The zero-order valence-corrected chi connectivity index (χ0v) is 12.3. The van der Waals surface area contributed by atoms with Gasteiger partial charge >= 0.3 is 0 Å². The van der Waals surface area contributed by atoms with Gasteiger partial charge in [0.25, 0.3) is 0 Å². The molecule has 0 aromatic carbocycles. The second-order valence-corrected chi connectivity index (χ2v) is 5.61. The first kappa shape index (κ1) is 14.1. The molecule has 1 amide bonds. The number of rotatable bonds is 4. The Hall–Kier alpha value is -1.36. The Bertz CT molecular complexity index is 464. The molecular formula is C14H24N4O. The van der Waals surface area contributed by atoms with Gasteiger partial charge in [0.05, 0.1) is 5.69 Å². The maximum atomic E-state index is 12.0. The standard InChI is InChI=1S/C14H24N4O/c1-9(2)7-13-17-11-8-16-6-5-12(11)18(13)10(3)14(19)15-4/h9-10,16H,5-8H2,1-4H3,(H,15,19). The zero-order valence-electron chi connectivity index (χ0n) is 12.3. The predicted molar refractivity (Wildman–Crippen MR) is 75.0 cm³/mol. The van der Waals surface area contributed by atoms with Crippen LogP contribution in [0.25, 0.3) is 0 Å². The SMILES string of the molecule is CNC(=O)C(C)n1c(CC(C)C)nc2c1CCNC2. The fourth-order valence-corrected chi connectivity index (χ4v) is 2.68. The second kappa shape index (κ2) is 5.74. The molecule has 1 aromatic rings. The maximum Gasteiger partial charge on any atom is 0.242 e. The third-order valence-electron chi connectivity index (χ3n) is 3.60. The lowest BCUT2D eigenvalue weighted by molar-refractivity contribution is -0.123. The van der Waals surface area contributed by atoms with E-state index in [0.29, 0.717) is 5.92 Å². The molecule has 0 saturated carbocycles. The molecule has 5 nitrogen and oxygen atoms in total. The number of nitrogens with one attached hydrogen (secondary N) is 2. The number of hydrogen-bond acceptors (Lipinski definition) is 3. The van der Waals surface area contributed by atoms with Crippen LogP contribution in [0.2, 0.25) is 0 Å². The number of fused-ring (bicyclic) bond motifs is 1. The van der Waals surface area contributed by atoms with Crippen molar-refractivity contribution in [3.05, 3.63) is 17.2 Å². The van der Waals surface area contributed by atoms with Crippen molar-refractivity contribution in [3.63, 3.8) is 0 Å². The highest BCUT2D eigenvalue weighted by molar-refractivity contribution is 5.79. The normalized spacial score (nSPS) is 16.3. The Kier molecular flexibility index (Phi) is 4.24. The van der Waals surface area contributed by atoms with Crippen molar-refractivity contribution in [3.8, 4) is 0 Å². The molecule has 1 atom stereocenters. The smallest absolute Gasteiger partial charge is 0.242 e. The summed E-state index contributed by atoms with van der Waals surface area (Å²) in [4.78, 5) is 16.7. The molecule has 2 N–H and O–H groups in total. The fourth-order valence-electron chi connectivity index (χ4n) is 2.68. The highest BCUT2D eigenvalue weighted by Crippen LogP contribution is 2.23. The summed E-state index contributed by atoms with van der Waals surface area (Å²) in [6.45, 7) is 8.09. The molecule has 0 bridgehead atoms. The number of carbonyl (C=O) groups is 1. The summed E-state index contributed by atoms with van der Waals surface area (Å²) in [5.74, 6) is 1.62. The van der Waals surface area contributed by atoms with Crippen LogP contribution in [0.4, 0.5) is 0 Å². The van der Waals surface area contributed by atoms with E-state index in [1.807, 2.05) is 6.92 Å². The van der Waals surface area contributed by atoms with Crippen LogP contribution in [0.15, 0.2) is 0 Å². The van der Waals surface area contributed by atoms with E-state index in [-0.39, 0.29) is 11.9 Å². The lowest BCUT2D eigenvalue weighted by Crippen LogP contribution is -2.32. The molecule has 106 valence electrons. The van der Waals surface area contributed by atoms with Gasteiger partial charge in [0.1, 0.15) is 11.9 Å². The van der Waals surface area contributed by atoms with Gasteiger partial charge in [0.15, 0.2) is 0 Å². The summed E-state index contributed by atoms with van der Waals surface area (Å²) in [6.07, 6.45) is 1.86. The topological polar surface area (TPSA) is 59.0 Å². The summed E-state index contributed by atoms with van der Waals surface area (Å²) in [5.41, 5.74) is 2.34. The van der Waals surface area contributed by atoms with Gasteiger partial charge in [0.2, 0.25) is 5.91 Å². The Morgan fingerprint density at radius 1 is 1.47 bits per heavy atom. The minimum Gasteiger partial charge on any atom is -0.357 e. The van der Waals surface area contributed by atoms with Gasteiger partial charge in [0, 0.05) is 38.7 Å². The quantitative estimate of drug-likeness (QED) is 0.854. The van der Waals surface area contributed by atoms with E-state index in [1.54, 1.807) is 7.05 Å². The van der Waals surface area contributed by atoms with E-state index in [2.05, 4.69) is 29.0 Å². The average Bonchev–Trinajstić information content (AvgIpc) is 2.73. The van der Waals surface area contributed by atoms with E-state index in [4.69, 9.17) is 4.98 Å². The van der Waals surface area contributed by atoms with E-state index < -0.39 is 0 Å². The molecule has 1 unspecified atom stereocenters. The third kappa shape index (κ3) is 2.81. The summed E-state index contributed by atoms with van der Waals surface area (Å²) in [6, 6.07) is -0.187. The Labute approximate surface area is 114 Å². The van der Waals surface area contributed by atoms with Crippen molar-refractivity contribution in [1.29, 1.82) is 0 Å². The van der Waals surface area contributed by atoms with Crippen LogP contribution >= 0.6 is 0 Å². The van der Waals surface area contributed by atoms with Crippen LogP contribution in [0.3, 0.4) is 0 Å². The summed E-state index contributed by atoms with van der Waals surface area (Å²) in [5, 5.41) is 6.08. The van der Waals surface area contributed by atoms with E-state index in [1.165, 1.54) is 5.69 Å². The van der Waals surface area contributed by atoms with Crippen LogP contribution in [-0.2, 0) is 24.2 Å². The van der Waals surface area contributed by atoms with E-state index >= 15 is 0 Å². The van der Waals surface area contributed by atoms with Gasteiger partial charge in [-0.15, -0.1) is 0 Å². The molecule has 1 aromatic heterocycles. The molecule has 2 heterocycles. The molecule has 0 saturated heterocycles. The van der Waals surface area contributed by atoms with Crippen LogP contribution < -0.4 is 10.6 Å². The third-order valence-corrected chi connectivity index (χ3v) is 3.60. The molecule has 2 rings (SSSR count). The summed E-state index contributed by atoms with van der Waals surface area (Å²) >= 11 is 0. The first-order valence-corrected chi connectivity index (χ1v) is 7.05. The van der Waals surface area contributed by atoms with Gasteiger partial charge < -0.3 is 15.2 Å². The fraction of sp³-hybridized carbons (Fsp3) is 0.714. The maximum absolute atomic E-state index is 12.0. The number of amides is 1. The van der Waals surface area contributed by atoms with E-state index in [9.17, 15) is 4.79 Å². The Morgan fingerprint density at radius 2 is 2.21 bits per heavy atom. The first-order valence-electron chi connectivity index (χ1n) is 7.05. The van der Waals surface area contributed by atoms with Crippen molar-refractivity contribution in [2.75, 3.05) is 13.6 Å². The predicted octanol–water partition coefficient (Wildman–Crippen LogP) is 1.03. The van der Waals surface area contributed by atoms with Gasteiger partial charge in [-0.3, -0.25) is 4.79 Å². The highest BCUT2D eigenvalue weighted by Gasteiger charge is 2.25. The molecule has 5 heteroatoms. The average molecular weight is 264 g/mol. The van der Waals surface area contributed by atoms with Crippen molar-refractivity contribution >= 4 is 5.91 Å². The molecular weight excluding hydrogens is 240 g/mol. The van der Waals surface area contributed by atoms with Crippen LogP contribution in [-0.4, -0.2) is 29.1 Å².